The Hall–Kier alpha value is -1.22. The van der Waals surface area contributed by atoms with Gasteiger partial charge in [0.1, 0.15) is 6.61 Å². The second-order valence-corrected chi connectivity index (χ2v) is 6.70. The van der Waals surface area contributed by atoms with Crippen LogP contribution in [0.15, 0.2) is 24.3 Å². The number of fused-ring (bicyclic) bond motifs is 5. The molecule has 4 unspecified atom stereocenters. The lowest BCUT2D eigenvalue weighted by atomic mass is 10.0. The maximum Gasteiger partial charge on any atom is 0.161 e. The number of hydrogen-bond donors (Lipinski definition) is 1. The molecule has 0 saturated heterocycles. The summed E-state index contributed by atoms with van der Waals surface area (Å²) in [7, 11) is 0. The van der Waals surface area contributed by atoms with Gasteiger partial charge < -0.3 is 14.8 Å². The molecule has 0 aliphatic heterocycles. The van der Waals surface area contributed by atoms with Gasteiger partial charge in [-0.2, -0.15) is 0 Å². The normalized spacial score (nSPS) is 35.6. The van der Waals surface area contributed by atoms with E-state index in [1.165, 1.54) is 19.3 Å². The van der Waals surface area contributed by atoms with E-state index in [1.807, 2.05) is 31.2 Å². The first kappa shape index (κ1) is 13.4. The minimum absolute atomic E-state index is 0.673. The van der Waals surface area contributed by atoms with E-state index in [9.17, 15) is 0 Å². The van der Waals surface area contributed by atoms with Gasteiger partial charge in [-0.25, -0.2) is 0 Å². The molecule has 3 nitrogen and oxygen atoms in total. The lowest BCUT2D eigenvalue weighted by molar-refractivity contribution is 0.273. The second-order valence-electron chi connectivity index (χ2n) is 6.70. The van der Waals surface area contributed by atoms with Crippen molar-refractivity contribution < 1.29 is 9.47 Å². The summed E-state index contributed by atoms with van der Waals surface area (Å²) in [5.41, 5.74) is 0. The van der Waals surface area contributed by atoms with Gasteiger partial charge in [-0.1, -0.05) is 12.1 Å². The largest absolute Gasteiger partial charge is 0.490 e. The summed E-state index contributed by atoms with van der Waals surface area (Å²) in [6.45, 7) is 4.33. The molecular weight excluding hydrogens is 262 g/mol. The number of ether oxygens (including phenoxy) is 2. The molecule has 0 spiro atoms. The molecule has 114 valence electrons. The first-order valence-electron chi connectivity index (χ1n) is 8.46. The van der Waals surface area contributed by atoms with E-state index in [-0.39, 0.29) is 0 Å². The third kappa shape index (κ3) is 2.42. The predicted octanol–water partition coefficient (Wildman–Crippen LogP) is 3.10. The number of nitrogens with one attached hydrogen (secondary N) is 1. The fraction of sp³-hybridized carbons (Fsp3) is 0.667. The third-order valence-electron chi connectivity index (χ3n) is 5.62. The SMILES string of the molecule is CCOc1ccccc1OCCNC1C2C3CCC(C3)C12. The summed E-state index contributed by atoms with van der Waals surface area (Å²) >= 11 is 0. The summed E-state index contributed by atoms with van der Waals surface area (Å²) in [5.74, 6) is 5.78. The first-order chi connectivity index (χ1) is 10.4. The average molecular weight is 287 g/mol. The molecule has 4 rings (SSSR count). The van der Waals surface area contributed by atoms with E-state index in [1.54, 1.807) is 0 Å². The highest BCUT2D eigenvalue weighted by molar-refractivity contribution is 5.39. The predicted molar refractivity (Wildman–Crippen MR) is 82.7 cm³/mol. The van der Waals surface area contributed by atoms with Crippen LogP contribution in [-0.4, -0.2) is 25.8 Å². The molecule has 2 bridgehead atoms. The van der Waals surface area contributed by atoms with Crippen LogP contribution in [0.25, 0.3) is 0 Å². The quantitative estimate of drug-likeness (QED) is 0.782. The standard InChI is InChI=1S/C18H25NO2/c1-2-20-14-5-3-4-6-15(14)21-10-9-19-18-16-12-7-8-13(11-12)17(16)18/h3-6,12-13,16-19H,2,7-11H2,1H3. The van der Waals surface area contributed by atoms with Crippen molar-refractivity contribution in [3.05, 3.63) is 24.3 Å². The van der Waals surface area contributed by atoms with E-state index in [0.29, 0.717) is 6.61 Å². The summed E-state index contributed by atoms with van der Waals surface area (Å²) in [6, 6.07) is 8.72. The Morgan fingerprint density at radius 3 is 2.38 bits per heavy atom. The van der Waals surface area contributed by atoms with Crippen LogP contribution >= 0.6 is 0 Å². The molecule has 1 aromatic rings. The van der Waals surface area contributed by atoms with Crippen LogP contribution in [0.3, 0.4) is 0 Å². The third-order valence-corrected chi connectivity index (χ3v) is 5.62. The molecule has 3 heteroatoms. The van der Waals surface area contributed by atoms with Crippen molar-refractivity contribution >= 4 is 0 Å². The van der Waals surface area contributed by atoms with Crippen LogP contribution in [0.4, 0.5) is 0 Å². The Labute approximate surface area is 127 Å². The average Bonchev–Trinajstić information content (AvgIpc) is 2.89. The van der Waals surface area contributed by atoms with Gasteiger partial charge in [0, 0.05) is 12.6 Å². The maximum atomic E-state index is 5.87. The zero-order chi connectivity index (χ0) is 14.2. The van der Waals surface area contributed by atoms with E-state index >= 15 is 0 Å². The Morgan fingerprint density at radius 1 is 1.05 bits per heavy atom. The lowest BCUT2D eigenvalue weighted by Crippen LogP contribution is -2.27. The van der Waals surface area contributed by atoms with Crippen LogP contribution in [-0.2, 0) is 0 Å². The van der Waals surface area contributed by atoms with Crippen molar-refractivity contribution in [1.82, 2.24) is 5.32 Å². The molecule has 1 N–H and O–H groups in total. The van der Waals surface area contributed by atoms with E-state index in [4.69, 9.17) is 9.47 Å². The van der Waals surface area contributed by atoms with Crippen molar-refractivity contribution in [1.29, 1.82) is 0 Å². The molecule has 0 amide bonds. The molecule has 0 radical (unpaired) electrons. The molecule has 3 fully saturated rings. The summed E-state index contributed by atoms with van der Waals surface area (Å²) in [5, 5.41) is 3.72. The van der Waals surface area contributed by atoms with Gasteiger partial charge in [0.15, 0.2) is 11.5 Å². The fourth-order valence-electron chi connectivity index (χ4n) is 4.83. The minimum atomic E-state index is 0.673. The van der Waals surface area contributed by atoms with Crippen LogP contribution in [0.1, 0.15) is 26.2 Å². The van der Waals surface area contributed by atoms with Gasteiger partial charge in [0.25, 0.3) is 0 Å². The summed E-state index contributed by atoms with van der Waals surface area (Å²) < 4.78 is 11.5. The molecule has 3 saturated carbocycles. The van der Waals surface area contributed by atoms with Crippen LogP contribution in [0.2, 0.25) is 0 Å². The molecule has 0 heterocycles. The molecule has 3 aliphatic carbocycles. The topological polar surface area (TPSA) is 30.5 Å². The highest BCUT2D eigenvalue weighted by atomic mass is 16.5. The maximum absolute atomic E-state index is 5.87. The zero-order valence-corrected chi connectivity index (χ0v) is 12.8. The van der Waals surface area contributed by atoms with Gasteiger partial charge >= 0.3 is 0 Å². The minimum Gasteiger partial charge on any atom is -0.490 e. The fourth-order valence-corrected chi connectivity index (χ4v) is 4.83. The van der Waals surface area contributed by atoms with Gasteiger partial charge in [-0.05, 0) is 62.0 Å². The Bertz CT molecular complexity index is 488. The van der Waals surface area contributed by atoms with Crippen molar-refractivity contribution in [2.75, 3.05) is 19.8 Å². The van der Waals surface area contributed by atoms with Gasteiger partial charge in [-0.3, -0.25) is 0 Å². The monoisotopic (exact) mass is 287 g/mol. The van der Waals surface area contributed by atoms with Gasteiger partial charge in [-0.15, -0.1) is 0 Å². The molecule has 3 aliphatic rings. The van der Waals surface area contributed by atoms with E-state index < -0.39 is 0 Å². The van der Waals surface area contributed by atoms with Crippen LogP contribution in [0.5, 0.6) is 11.5 Å². The Kier molecular flexibility index (Phi) is 3.54. The summed E-state index contributed by atoms with van der Waals surface area (Å²) in [4.78, 5) is 0. The second kappa shape index (κ2) is 5.53. The molecule has 4 atom stereocenters. The van der Waals surface area contributed by atoms with Crippen LogP contribution in [0, 0.1) is 23.7 Å². The van der Waals surface area contributed by atoms with Crippen LogP contribution < -0.4 is 14.8 Å². The van der Waals surface area contributed by atoms with Crippen molar-refractivity contribution in [2.45, 2.75) is 32.2 Å². The molecule has 0 aromatic heterocycles. The van der Waals surface area contributed by atoms with Crippen molar-refractivity contribution in [3.63, 3.8) is 0 Å². The summed E-state index contributed by atoms with van der Waals surface area (Å²) in [6.07, 6.45) is 4.50. The number of para-hydroxylation sites is 2. The number of benzene rings is 1. The molecule has 21 heavy (non-hydrogen) atoms. The highest BCUT2D eigenvalue weighted by Gasteiger charge is 2.64. The smallest absolute Gasteiger partial charge is 0.161 e. The van der Waals surface area contributed by atoms with E-state index in [2.05, 4.69) is 5.32 Å². The number of rotatable bonds is 7. The molecule has 1 aromatic carbocycles. The Morgan fingerprint density at radius 2 is 1.71 bits per heavy atom. The van der Waals surface area contributed by atoms with Crippen molar-refractivity contribution in [3.8, 4) is 11.5 Å². The van der Waals surface area contributed by atoms with E-state index in [0.717, 1.165) is 54.4 Å². The lowest BCUT2D eigenvalue weighted by Gasteiger charge is -2.13. The first-order valence-corrected chi connectivity index (χ1v) is 8.46. The Balaban J connectivity index is 1.22. The zero-order valence-electron chi connectivity index (χ0n) is 12.8. The van der Waals surface area contributed by atoms with Gasteiger partial charge in [0.05, 0.1) is 6.61 Å². The molecular formula is C18H25NO2. The van der Waals surface area contributed by atoms with Gasteiger partial charge in [0.2, 0.25) is 0 Å². The van der Waals surface area contributed by atoms with Crippen molar-refractivity contribution in [2.24, 2.45) is 23.7 Å². The highest BCUT2D eigenvalue weighted by Crippen LogP contribution is 2.65. The number of hydrogen-bond acceptors (Lipinski definition) is 3.